The summed E-state index contributed by atoms with van der Waals surface area (Å²) in [6, 6.07) is 8.85. The molecule has 0 atom stereocenters. The zero-order valence-corrected chi connectivity index (χ0v) is 12.1. The van der Waals surface area contributed by atoms with E-state index in [9.17, 15) is 4.79 Å². The van der Waals surface area contributed by atoms with Crippen LogP contribution >= 0.6 is 0 Å². The van der Waals surface area contributed by atoms with Gasteiger partial charge >= 0.3 is 0 Å². The van der Waals surface area contributed by atoms with Crippen molar-refractivity contribution >= 4 is 11.6 Å². The minimum atomic E-state index is -0.311. The van der Waals surface area contributed by atoms with Gasteiger partial charge in [0, 0.05) is 5.71 Å². The highest BCUT2D eigenvalue weighted by atomic mass is 16.5. The maximum absolute atomic E-state index is 11.7. The summed E-state index contributed by atoms with van der Waals surface area (Å²) in [4.78, 5) is 11.7. The zero-order chi connectivity index (χ0) is 15.1. The molecule has 0 spiro atoms. The molecule has 1 N–H and O–H groups in total. The molecule has 0 bridgehead atoms. The molecular formula is C16H19N3O2. The third kappa shape index (κ3) is 4.60. The maximum Gasteiger partial charge on any atom is 0.277 e. The van der Waals surface area contributed by atoms with Crippen LogP contribution in [-0.2, 0) is 4.79 Å². The Kier molecular flexibility index (Phi) is 5.33. The number of rotatable bonds is 4. The molecule has 110 valence electrons. The van der Waals surface area contributed by atoms with Crippen LogP contribution in [0.25, 0.3) is 0 Å². The number of ether oxygens (including phenoxy) is 1. The second-order valence-corrected chi connectivity index (χ2v) is 5.29. The number of carbonyl (C=O) groups is 1. The molecule has 1 saturated carbocycles. The van der Waals surface area contributed by atoms with Gasteiger partial charge in [0.25, 0.3) is 5.91 Å². The Morgan fingerprint density at radius 3 is 2.86 bits per heavy atom. The molecule has 0 saturated heterocycles. The van der Waals surface area contributed by atoms with Gasteiger partial charge in [0.15, 0.2) is 6.61 Å². The third-order valence-corrected chi connectivity index (χ3v) is 3.56. The fourth-order valence-corrected chi connectivity index (χ4v) is 2.21. The number of nitriles is 1. The topological polar surface area (TPSA) is 74.5 Å². The zero-order valence-electron chi connectivity index (χ0n) is 12.1. The summed E-state index contributed by atoms with van der Waals surface area (Å²) >= 11 is 0. The molecule has 0 aliphatic heterocycles. The minimum absolute atomic E-state index is 0.147. The molecule has 0 aromatic heterocycles. The van der Waals surface area contributed by atoms with Crippen LogP contribution in [-0.4, -0.2) is 18.2 Å². The van der Waals surface area contributed by atoms with Gasteiger partial charge in [-0.05, 0) is 43.7 Å². The van der Waals surface area contributed by atoms with Crippen LogP contribution in [0.15, 0.2) is 29.4 Å². The summed E-state index contributed by atoms with van der Waals surface area (Å²) in [6.45, 7) is 2.09. The van der Waals surface area contributed by atoms with E-state index < -0.39 is 0 Å². The Labute approximate surface area is 124 Å². The number of benzene rings is 1. The van der Waals surface area contributed by atoms with Gasteiger partial charge in [-0.1, -0.05) is 19.1 Å². The van der Waals surface area contributed by atoms with E-state index in [2.05, 4.69) is 17.5 Å². The first-order valence-electron chi connectivity index (χ1n) is 7.15. The number of hydrazone groups is 1. The Bertz CT molecular complexity index is 565. The summed E-state index contributed by atoms with van der Waals surface area (Å²) in [6.07, 6.45) is 4.14. The van der Waals surface area contributed by atoms with Crippen LogP contribution in [0.5, 0.6) is 5.75 Å². The van der Waals surface area contributed by atoms with Crippen LogP contribution < -0.4 is 10.2 Å². The van der Waals surface area contributed by atoms with Crippen molar-refractivity contribution < 1.29 is 9.53 Å². The fraction of sp³-hybridized carbons (Fsp3) is 0.438. The molecule has 0 unspecified atom stereocenters. The van der Waals surface area contributed by atoms with Crippen LogP contribution in [0.4, 0.5) is 0 Å². The Balaban J connectivity index is 1.80. The minimum Gasteiger partial charge on any atom is -0.482 e. The number of para-hydroxylation sites is 1. The largest absolute Gasteiger partial charge is 0.482 e. The van der Waals surface area contributed by atoms with Gasteiger partial charge in [0.1, 0.15) is 11.8 Å². The Morgan fingerprint density at radius 1 is 1.43 bits per heavy atom. The number of carbonyl (C=O) groups excluding carboxylic acids is 1. The van der Waals surface area contributed by atoms with E-state index in [1.54, 1.807) is 24.3 Å². The monoisotopic (exact) mass is 285 g/mol. The van der Waals surface area contributed by atoms with Gasteiger partial charge in [0.2, 0.25) is 0 Å². The predicted molar refractivity (Wildman–Crippen MR) is 79.9 cm³/mol. The van der Waals surface area contributed by atoms with Gasteiger partial charge in [-0.3, -0.25) is 4.79 Å². The summed E-state index contributed by atoms with van der Waals surface area (Å²) in [5.41, 5.74) is 3.97. The van der Waals surface area contributed by atoms with Gasteiger partial charge < -0.3 is 4.74 Å². The van der Waals surface area contributed by atoms with Crippen LogP contribution in [0, 0.1) is 17.2 Å². The van der Waals surface area contributed by atoms with Crippen LogP contribution in [0.2, 0.25) is 0 Å². The SMILES string of the molecule is CC1CCC(=NNC(=O)COc2ccccc2C#N)CC1. The van der Waals surface area contributed by atoms with Crippen molar-refractivity contribution in [3.8, 4) is 11.8 Å². The molecule has 5 nitrogen and oxygen atoms in total. The lowest BCUT2D eigenvalue weighted by molar-refractivity contribution is -0.123. The molecule has 0 radical (unpaired) electrons. The van der Waals surface area contributed by atoms with Crippen LogP contribution in [0.1, 0.15) is 38.2 Å². The average molecular weight is 285 g/mol. The summed E-state index contributed by atoms with van der Waals surface area (Å²) in [5.74, 6) is 0.841. The second-order valence-electron chi connectivity index (χ2n) is 5.29. The highest BCUT2D eigenvalue weighted by Gasteiger charge is 2.14. The van der Waals surface area contributed by atoms with E-state index in [0.29, 0.717) is 11.3 Å². The first-order chi connectivity index (χ1) is 10.2. The number of nitrogens with one attached hydrogen (secondary N) is 1. The number of nitrogens with zero attached hydrogens (tertiary/aromatic N) is 2. The highest BCUT2D eigenvalue weighted by Crippen LogP contribution is 2.21. The summed E-state index contributed by atoms with van der Waals surface area (Å²) in [7, 11) is 0. The van der Waals surface area contributed by atoms with Gasteiger partial charge in [-0.15, -0.1) is 0 Å². The number of hydrogen-bond acceptors (Lipinski definition) is 4. The first-order valence-corrected chi connectivity index (χ1v) is 7.15. The normalized spacial score (nSPS) is 17.7. The lowest BCUT2D eigenvalue weighted by atomic mass is 9.90. The van der Waals surface area contributed by atoms with Crippen molar-refractivity contribution in [1.82, 2.24) is 5.43 Å². The van der Waals surface area contributed by atoms with Crippen molar-refractivity contribution in [1.29, 1.82) is 5.26 Å². The molecule has 5 heteroatoms. The molecule has 1 aliphatic carbocycles. The number of amides is 1. The van der Waals surface area contributed by atoms with Crippen LogP contribution in [0.3, 0.4) is 0 Å². The van der Waals surface area contributed by atoms with Crippen molar-refractivity contribution in [2.75, 3.05) is 6.61 Å². The third-order valence-electron chi connectivity index (χ3n) is 3.56. The maximum atomic E-state index is 11.7. The molecule has 2 rings (SSSR count). The molecule has 1 aromatic rings. The van der Waals surface area contributed by atoms with E-state index >= 15 is 0 Å². The standard InChI is InChI=1S/C16H19N3O2/c1-12-6-8-14(9-7-12)18-19-16(20)11-21-15-5-3-2-4-13(15)10-17/h2-5,12H,6-9,11H2,1H3,(H,19,20). The summed E-state index contributed by atoms with van der Waals surface area (Å²) < 4.78 is 5.34. The smallest absolute Gasteiger partial charge is 0.277 e. The van der Waals surface area contributed by atoms with E-state index in [-0.39, 0.29) is 12.5 Å². The Hall–Kier alpha value is -2.35. The van der Waals surface area contributed by atoms with Crippen molar-refractivity contribution in [3.05, 3.63) is 29.8 Å². The number of hydrogen-bond donors (Lipinski definition) is 1. The molecule has 1 aliphatic rings. The molecule has 1 fully saturated rings. The highest BCUT2D eigenvalue weighted by molar-refractivity contribution is 5.87. The van der Waals surface area contributed by atoms with Gasteiger partial charge in [0.05, 0.1) is 5.56 Å². The van der Waals surface area contributed by atoms with Crippen molar-refractivity contribution in [2.45, 2.75) is 32.6 Å². The molecule has 1 aromatic carbocycles. The summed E-state index contributed by atoms with van der Waals surface area (Å²) in [5, 5.41) is 13.1. The van der Waals surface area contributed by atoms with E-state index in [1.165, 1.54) is 0 Å². The van der Waals surface area contributed by atoms with E-state index in [4.69, 9.17) is 10.00 Å². The van der Waals surface area contributed by atoms with Gasteiger partial charge in [-0.25, -0.2) is 5.43 Å². The fourth-order valence-electron chi connectivity index (χ4n) is 2.21. The second kappa shape index (κ2) is 7.44. The van der Waals surface area contributed by atoms with Crippen molar-refractivity contribution in [3.63, 3.8) is 0 Å². The van der Waals surface area contributed by atoms with Crippen molar-refractivity contribution in [2.24, 2.45) is 11.0 Å². The predicted octanol–water partition coefficient (Wildman–Crippen LogP) is 2.62. The lowest BCUT2D eigenvalue weighted by Gasteiger charge is -2.18. The van der Waals surface area contributed by atoms with Gasteiger partial charge in [-0.2, -0.15) is 10.4 Å². The molecule has 1 amide bonds. The quantitative estimate of drug-likeness (QED) is 0.864. The first kappa shape index (κ1) is 15.0. The van der Waals surface area contributed by atoms with E-state index in [1.807, 2.05) is 6.07 Å². The Morgan fingerprint density at radius 2 is 2.14 bits per heavy atom. The average Bonchev–Trinajstić information content (AvgIpc) is 2.52. The van der Waals surface area contributed by atoms with E-state index in [0.717, 1.165) is 37.3 Å². The lowest BCUT2D eigenvalue weighted by Crippen LogP contribution is -2.26. The molecular weight excluding hydrogens is 266 g/mol. The molecule has 21 heavy (non-hydrogen) atoms. The molecule has 0 heterocycles.